The molecule has 1 aromatic rings. The second-order valence-corrected chi connectivity index (χ2v) is 5.07. The molecule has 0 N–H and O–H groups in total. The SMILES string of the molecule is Fc1ccc(C2=CCC3(CC2)OCCO3)c(Cl)c1. The van der Waals surface area contributed by atoms with Crippen molar-refractivity contribution in [2.24, 2.45) is 0 Å². The summed E-state index contributed by atoms with van der Waals surface area (Å²) in [6.07, 6.45) is 4.49. The molecule has 1 fully saturated rings. The molecule has 0 aromatic heterocycles. The molecule has 1 aliphatic heterocycles. The lowest BCUT2D eigenvalue weighted by Gasteiger charge is -2.30. The lowest BCUT2D eigenvalue weighted by molar-refractivity contribution is -0.159. The number of ether oxygens (including phenoxy) is 2. The predicted octanol–water partition coefficient (Wildman–Crippen LogP) is 3.79. The summed E-state index contributed by atoms with van der Waals surface area (Å²) < 4.78 is 24.3. The highest BCUT2D eigenvalue weighted by Gasteiger charge is 2.37. The lowest BCUT2D eigenvalue weighted by atomic mass is 9.90. The van der Waals surface area contributed by atoms with Gasteiger partial charge in [-0.25, -0.2) is 4.39 Å². The molecule has 1 spiro atoms. The van der Waals surface area contributed by atoms with Gasteiger partial charge >= 0.3 is 0 Å². The van der Waals surface area contributed by atoms with Gasteiger partial charge in [0.1, 0.15) is 5.82 Å². The number of halogens is 2. The van der Waals surface area contributed by atoms with Crippen LogP contribution in [0.5, 0.6) is 0 Å². The maximum atomic E-state index is 13.0. The summed E-state index contributed by atoms with van der Waals surface area (Å²) in [5, 5.41) is 0.463. The van der Waals surface area contributed by atoms with E-state index in [4.69, 9.17) is 21.1 Å². The minimum absolute atomic E-state index is 0.306. The zero-order chi connectivity index (χ0) is 12.6. The smallest absolute Gasteiger partial charge is 0.172 e. The van der Waals surface area contributed by atoms with Gasteiger partial charge in [0, 0.05) is 12.8 Å². The minimum atomic E-state index is -0.421. The molecule has 3 rings (SSSR count). The van der Waals surface area contributed by atoms with Crippen LogP contribution >= 0.6 is 11.6 Å². The molecule has 18 heavy (non-hydrogen) atoms. The summed E-state index contributed by atoms with van der Waals surface area (Å²) in [5.74, 6) is -0.727. The van der Waals surface area contributed by atoms with E-state index >= 15 is 0 Å². The molecule has 0 unspecified atom stereocenters. The molecular weight excluding hydrogens is 255 g/mol. The molecule has 0 bridgehead atoms. The van der Waals surface area contributed by atoms with Gasteiger partial charge in [0.25, 0.3) is 0 Å². The molecular formula is C14H14ClFO2. The van der Waals surface area contributed by atoms with Crippen molar-refractivity contribution in [2.45, 2.75) is 25.0 Å². The van der Waals surface area contributed by atoms with Crippen LogP contribution in [0.3, 0.4) is 0 Å². The van der Waals surface area contributed by atoms with Gasteiger partial charge in [-0.2, -0.15) is 0 Å². The van der Waals surface area contributed by atoms with E-state index in [2.05, 4.69) is 6.08 Å². The van der Waals surface area contributed by atoms with Gasteiger partial charge in [-0.05, 0) is 29.7 Å². The van der Waals surface area contributed by atoms with Crippen molar-refractivity contribution in [2.75, 3.05) is 13.2 Å². The van der Waals surface area contributed by atoms with Crippen LogP contribution in [0.2, 0.25) is 5.02 Å². The van der Waals surface area contributed by atoms with E-state index in [1.54, 1.807) is 6.07 Å². The van der Waals surface area contributed by atoms with Gasteiger partial charge in [0.15, 0.2) is 5.79 Å². The maximum Gasteiger partial charge on any atom is 0.172 e. The minimum Gasteiger partial charge on any atom is -0.347 e. The Labute approximate surface area is 110 Å². The second-order valence-electron chi connectivity index (χ2n) is 4.67. The first-order valence-electron chi connectivity index (χ1n) is 6.11. The van der Waals surface area contributed by atoms with Crippen molar-refractivity contribution in [1.82, 2.24) is 0 Å². The fraction of sp³-hybridized carbons (Fsp3) is 0.429. The normalized spacial score (nSPS) is 22.2. The van der Waals surface area contributed by atoms with Crippen molar-refractivity contribution in [3.8, 4) is 0 Å². The van der Waals surface area contributed by atoms with Crippen molar-refractivity contribution >= 4 is 17.2 Å². The molecule has 2 aliphatic rings. The Bertz CT molecular complexity index is 493. The molecule has 0 amide bonds. The summed E-state index contributed by atoms with van der Waals surface area (Å²) in [4.78, 5) is 0. The maximum absolute atomic E-state index is 13.0. The first-order chi connectivity index (χ1) is 8.69. The Kier molecular flexibility index (Phi) is 3.14. The van der Waals surface area contributed by atoms with Crippen LogP contribution in [0, 0.1) is 5.82 Å². The van der Waals surface area contributed by atoms with Gasteiger partial charge in [-0.3, -0.25) is 0 Å². The molecule has 0 saturated carbocycles. The fourth-order valence-corrected chi connectivity index (χ4v) is 2.85. The van der Waals surface area contributed by atoms with Gasteiger partial charge in [-0.15, -0.1) is 0 Å². The molecule has 1 heterocycles. The standard InChI is InChI=1S/C14H14ClFO2/c15-13-9-11(16)1-2-12(13)10-3-5-14(6-4-10)17-7-8-18-14/h1-3,9H,4-8H2. The number of hydrogen-bond donors (Lipinski definition) is 0. The van der Waals surface area contributed by atoms with Crippen molar-refractivity contribution in [1.29, 1.82) is 0 Å². The molecule has 1 aromatic carbocycles. The quantitative estimate of drug-likeness (QED) is 0.771. The highest BCUT2D eigenvalue weighted by atomic mass is 35.5. The molecule has 96 valence electrons. The summed E-state index contributed by atoms with van der Waals surface area (Å²) in [7, 11) is 0. The van der Waals surface area contributed by atoms with Crippen LogP contribution in [-0.4, -0.2) is 19.0 Å². The molecule has 4 heteroatoms. The van der Waals surface area contributed by atoms with E-state index in [1.165, 1.54) is 12.1 Å². The Morgan fingerprint density at radius 2 is 2.00 bits per heavy atom. The van der Waals surface area contributed by atoms with Crippen LogP contribution < -0.4 is 0 Å². The number of allylic oxidation sites excluding steroid dienone is 1. The van der Waals surface area contributed by atoms with Crippen LogP contribution in [0.1, 0.15) is 24.8 Å². The van der Waals surface area contributed by atoms with E-state index in [9.17, 15) is 4.39 Å². The van der Waals surface area contributed by atoms with Crippen LogP contribution in [0.4, 0.5) is 4.39 Å². The van der Waals surface area contributed by atoms with Crippen molar-refractivity contribution in [3.63, 3.8) is 0 Å². The van der Waals surface area contributed by atoms with Crippen LogP contribution in [0.25, 0.3) is 5.57 Å². The van der Waals surface area contributed by atoms with E-state index in [0.717, 1.165) is 30.4 Å². The summed E-state index contributed by atoms with van der Waals surface area (Å²) >= 11 is 6.07. The zero-order valence-corrected chi connectivity index (χ0v) is 10.7. The highest BCUT2D eigenvalue weighted by molar-refractivity contribution is 6.32. The third-order valence-electron chi connectivity index (χ3n) is 3.53. The predicted molar refractivity (Wildman–Crippen MR) is 67.9 cm³/mol. The largest absolute Gasteiger partial charge is 0.347 e. The molecule has 1 saturated heterocycles. The average molecular weight is 269 g/mol. The number of hydrogen-bond acceptors (Lipinski definition) is 2. The number of rotatable bonds is 1. The molecule has 0 radical (unpaired) electrons. The third kappa shape index (κ3) is 2.18. The van der Waals surface area contributed by atoms with Crippen molar-refractivity contribution < 1.29 is 13.9 Å². The second kappa shape index (κ2) is 4.65. The molecule has 0 atom stereocenters. The topological polar surface area (TPSA) is 18.5 Å². The Morgan fingerprint density at radius 3 is 2.61 bits per heavy atom. The average Bonchev–Trinajstić information content (AvgIpc) is 2.80. The van der Waals surface area contributed by atoms with Crippen LogP contribution in [-0.2, 0) is 9.47 Å². The van der Waals surface area contributed by atoms with E-state index in [-0.39, 0.29) is 5.82 Å². The zero-order valence-electron chi connectivity index (χ0n) is 9.92. The van der Waals surface area contributed by atoms with Crippen LogP contribution in [0.15, 0.2) is 24.3 Å². The fourth-order valence-electron chi connectivity index (χ4n) is 2.56. The van der Waals surface area contributed by atoms with E-state index in [1.807, 2.05) is 0 Å². The Morgan fingerprint density at radius 1 is 1.22 bits per heavy atom. The first kappa shape index (κ1) is 12.2. The van der Waals surface area contributed by atoms with Gasteiger partial charge in [-0.1, -0.05) is 23.7 Å². The summed E-state index contributed by atoms with van der Waals surface area (Å²) in [5.41, 5.74) is 2.05. The molecule has 2 nitrogen and oxygen atoms in total. The van der Waals surface area contributed by atoms with Gasteiger partial charge in [0.05, 0.1) is 18.2 Å². The Balaban J connectivity index is 1.84. The van der Waals surface area contributed by atoms with Crippen molar-refractivity contribution in [3.05, 3.63) is 40.7 Å². The third-order valence-corrected chi connectivity index (χ3v) is 3.84. The van der Waals surface area contributed by atoms with Gasteiger partial charge < -0.3 is 9.47 Å². The monoisotopic (exact) mass is 268 g/mol. The highest BCUT2D eigenvalue weighted by Crippen LogP contribution is 2.39. The first-order valence-corrected chi connectivity index (χ1v) is 6.49. The molecule has 1 aliphatic carbocycles. The van der Waals surface area contributed by atoms with E-state index in [0.29, 0.717) is 18.2 Å². The summed E-state index contributed by atoms with van der Waals surface area (Å²) in [6.45, 7) is 1.33. The summed E-state index contributed by atoms with van der Waals surface area (Å²) in [6, 6.07) is 4.53. The van der Waals surface area contributed by atoms with E-state index < -0.39 is 5.79 Å². The Hall–Kier alpha value is -0.900. The number of benzene rings is 1. The lowest BCUT2D eigenvalue weighted by Crippen LogP contribution is -2.31. The van der Waals surface area contributed by atoms with Gasteiger partial charge in [0.2, 0.25) is 0 Å².